The summed E-state index contributed by atoms with van der Waals surface area (Å²) in [5.74, 6) is 0.0988. The van der Waals surface area contributed by atoms with Gasteiger partial charge in [-0.2, -0.15) is 0 Å². The van der Waals surface area contributed by atoms with E-state index in [0.29, 0.717) is 42.8 Å². The van der Waals surface area contributed by atoms with Crippen molar-refractivity contribution in [1.29, 1.82) is 0 Å². The van der Waals surface area contributed by atoms with Crippen LogP contribution in [0.15, 0.2) is 18.2 Å². The lowest BCUT2D eigenvalue weighted by atomic mass is 10.1. The van der Waals surface area contributed by atoms with Crippen molar-refractivity contribution < 1.29 is 14.3 Å². The number of benzene rings is 1. The molecule has 130 valence electrons. The van der Waals surface area contributed by atoms with Crippen molar-refractivity contribution >= 4 is 35.0 Å². The zero-order valence-electron chi connectivity index (χ0n) is 13.3. The summed E-state index contributed by atoms with van der Waals surface area (Å²) >= 11 is 11.9. The first-order chi connectivity index (χ1) is 11.5. The molecule has 0 aliphatic carbocycles. The van der Waals surface area contributed by atoms with Gasteiger partial charge in [0.15, 0.2) is 0 Å². The minimum Gasteiger partial charge on any atom is -0.368 e. The van der Waals surface area contributed by atoms with Crippen LogP contribution >= 0.6 is 23.2 Å². The van der Waals surface area contributed by atoms with Crippen molar-refractivity contribution in [2.75, 3.05) is 32.8 Å². The minimum absolute atomic E-state index is 0.0394. The Morgan fingerprint density at radius 2 is 1.79 bits per heavy atom. The molecule has 0 N–H and O–H groups in total. The summed E-state index contributed by atoms with van der Waals surface area (Å²) in [4.78, 5) is 28.3. The van der Waals surface area contributed by atoms with E-state index < -0.39 is 0 Å². The van der Waals surface area contributed by atoms with Gasteiger partial charge in [0.05, 0.1) is 16.5 Å². The highest BCUT2D eigenvalue weighted by Gasteiger charge is 2.31. The van der Waals surface area contributed by atoms with Crippen molar-refractivity contribution in [3.05, 3.63) is 33.8 Å². The number of carbonyl (C=O) groups is 2. The zero-order chi connectivity index (χ0) is 17.1. The largest absolute Gasteiger partial charge is 0.368 e. The molecule has 2 aliphatic heterocycles. The lowest BCUT2D eigenvalue weighted by Gasteiger charge is -2.35. The van der Waals surface area contributed by atoms with Gasteiger partial charge in [0, 0.05) is 32.8 Å². The van der Waals surface area contributed by atoms with E-state index >= 15 is 0 Å². The number of carbonyl (C=O) groups excluding carboxylic acids is 2. The van der Waals surface area contributed by atoms with Gasteiger partial charge in [-0.05, 0) is 30.5 Å². The summed E-state index contributed by atoms with van der Waals surface area (Å²) in [6, 6.07) is 5.23. The third-order valence-electron chi connectivity index (χ3n) is 4.49. The minimum atomic E-state index is -0.288. The Hall–Kier alpha value is -1.30. The van der Waals surface area contributed by atoms with Crippen LogP contribution in [0.5, 0.6) is 0 Å². The number of piperazine rings is 1. The molecule has 0 radical (unpaired) electrons. The van der Waals surface area contributed by atoms with Crippen molar-refractivity contribution in [3.63, 3.8) is 0 Å². The van der Waals surface area contributed by atoms with E-state index in [4.69, 9.17) is 27.9 Å². The van der Waals surface area contributed by atoms with Gasteiger partial charge in [-0.25, -0.2) is 0 Å². The SMILES string of the molecule is O=C(Cc1ccc(Cl)c(Cl)c1)N1CCN(C(=O)C2CCCO2)CC1. The Kier molecular flexibility index (Phi) is 5.64. The van der Waals surface area contributed by atoms with Crippen LogP contribution in [0.1, 0.15) is 18.4 Å². The van der Waals surface area contributed by atoms with Gasteiger partial charge in [0.1, 0.15) is 6.10 Å². The van der Waals surface area contributed by atoms with Gasteiger partial charge in [0.2, 0.25) is 5.91 Å². The molecule has 2 amide bonds. The van der Waals surface area contributed by atoms with Crippen LogP contribution in [0.2, 0.25) is 10.0 Å². The fourth-order valence-corrected chi connectivity index (χ4v) is 3.41. The van der Waals surface area contributed by atoms with Crippen LogP contribution in [-0.4, -0.2) is 60.5 Å². The van der Waals surface area contributed by atoms with Gasteiger partial charge in [0.25, 0.3) is 5.91 Å². The molecule has 3 rings (SSSR count). The summed E-state index contributed by atoms with van der Waals surface area (Å²) in [5, 5.41) is 0.933. The summed E-state index contributed by atoms with van der Waals surface area (Å²) in [6.07, 6.45) is 1.74. The smallest absolute Gasteiger partial charge is 0.251 e. The molecule has 5 nitrogen and oxygen atoms in total. The number of hydrogen-bond donors (Lipinski definition) is 0. The van der Waals surface area contributed by atoms with E-state index in [1.54, 1.807) is 21.9 Å². The second-order valence-electron chi connectivity index (χ2n) is 6.13. The van der Waals surface area contributed by atoms with Crippen LogP contribution in [0.4, 0.5) is 0 Å². The Balaban J connectivity index is 1.51. The maximum Gasteiger partial charge on any atom is 0.251 e. The number of nitrogens with zero attached hydrogens (tertiary/aromatic N) is 2. The first kappa shape index (κ1) is 17.5. The molecule has 2 aliphatic rings. The Morgan fingerprint density at radius 1 is 1.08 bits per heavy atom. The summed E-state index contributed by atoms with van der Waals surface area (Å²) in [7, 11) is 0. The summed E-state index contributed by atoms with van der Waals surface area (Å²) in [6.45, 7) is 2.90. The van der Waals surface area contributed by atoms with Crippen LogP contribution in [-0.2, 0) is 20.7 Å². The average molecular weight is 371 g/mol. The second kappa shape index (κ2) is 7.72. The predicted molar refractivity (Wildman–Crippen MR) is 92.3 cm³/mol. The van der Waals surface area contributed by atoms with Crippen molar-refractivity contribution in [2.24, 2.45) is 0 Å². The standard InChI is InChI=1S/C17H20Cl2N2O3/c18-13-4-3-12(10-14(13)19)11-16(22)20-5-7-21(8-6-20)17(23)15-2-1-9-24-15/h3-4,10,15H,1-2,5-9,11H2. The number of rotatable bonds is 3. The predicted octanol–water partition coefficient (Wildman–Crippen LogP) is 2.39. The van der Waals surface area contributed by atoms with Crippen LogP contribution in [0.25, 0.3) is 0 Å². The molecule has 1 atom stereocenters. The van der Waals surface area contributed by atoms with Crippen molar-refractivity contribution in [1.82, 2.24) is 9.80 Å². The van der Waals surface area contributed by atoms with Crippen LogP contribution in [0.3, 0.4) is 0 Å². The number of hydrogen-bond acceptors (Lipinski definition) is 3. The van der Waals surface area contributed by atoms with E-state index in [1.807, 2.05) is 6.07 Å². The second-order valence-corrected chi connectivity index (χ2v) is 6.95. The molecule has 2 heterocycles. The van der Waals surface area contributed by atoms with Crippen LogP contribution in [0, 0.1) is 0 Å². The lowest BCUT2D eigenvalue weighted by molar-refractivity contribution is -0.145. The lowest BCUT2D eigenvalue weighted by Crippen LogP contribution is -2.53. The molecule has 1 unspecified atom stereocenters. The molecule has 0 bridgehead atoms. The third kappa shape index (κ3) is 4.02. The van der Waals surface area contributed by atoms with Gasteiger partial charge in [-0.3, -0.25) is 9.59 Å². The molecule has 0 saturated carbocycles. The quantitative estimate of drug-likeness (QED) is 0.820. The van der Waals surface area contributed by atoms with E-state index in [2.05, 4.69) is 0 Å². The number of ether oxygens (including phenoxy) is 1. The average Bonchev–Trinajstić information content (AvgIpc) is 3.12. The Bertz CT molecular complexity index is 624. The van der Waals surface area contributed by atoms with E-state index in [9.17, 15) is 9.59 Å². The monoisotopic (exact) mass is 370 g/mol. The molecular formula is C17H20Cl2N2O3. The Labute approximate surface area is 151 Å². The maximum absolute atomic E-state index is 12.4. The van der Waals surface area contributed by atoms with Crippen LogP contribution < -0.4 is 0 Å². The normalized spacial score (nSPS) is 21.2. The fraction of sp³-hybridized carbons (Fsp3) is 0.529. The Morgan fingerprint density at radius 3 is 2.42 bits per heavy atom. The zero-order valence-corrected chi connectivity index (χ0v) is 14.9. The van der Waals surface area contributed by atoms with Gasteiger partial charge < -0.3 is 14.5 Å². The molecule has 1 aromatic rings. The van der Waals surface area contributed by atoms with Crippen molar-refractivity contribution in [3.8, 4) is 0 Å². The van der Waals surface area contributed by atoms with E-state index in [1.165, 1.54) is 0 Å². The van der Waals surface area contributed by atoms with Crippen molar-refractivity contribution in [2.45, 2.75) is 25.4 Å². The third-order valence-corrected chi connectivity index (χ3v) is 5.23. The number of halogens is 2. The molecule has 2 fully saturated rings. The highest BCUT2D eigenvalue weighted by atomic mass is 35.5. The van der Waals surface area contributed by atoms with Gasteiger partial charge in [-0.1, -0.05) is 29.3 Å². The maximum atomic E-state index is 12.4. The molecule has 0 aromatic heterocycles. The molecule has 0 spiro atoms. The van der Waals surface area contributed by atoms with Gasteiger partial charge in [-0.15, -0.1) is 0 Å². The molecule has 2 saturated heterocycles. The topological polar surface area (TPSA) is 49.9 Å². The van der Waals surface area contributed by atoms with E-state index in [0.717, 1.165) is 18.4 Å². The van der Waals surface area contributed by atoms with E-state index in [-0.39, 0.29) is 24.3 Å². The van der Waals surface area contributed by atoms with Gasteiger partial charge >= 0.3 is 0 Å². The summed E-state index contributed by atoms with van der Waals surface area (Å²) < 4.78 is 5.45. The first-order valence-electron chi connectivity index (χ1n) is 8.16. The molecule has 24 heavy (non-hydrogen) atoms. The molecular weight excluding hydrogens is 351 g/mol. The summed E-state index contributed by atoms with van der Waals surface area (Å²) in [5.41, 5.74) is 0.840. The highest BCUT2D eigenvalue weighted by Crippen LogP contribution is 2.23. The number of amides is 2. The first-order valence-corrected chi connectivity index (χ1v) is 8.92. The fourth-order valence-electron chi connectivity index (χ4n) is 3.09. The highest BCUT2D eigenvalue weighted by molar-refractivity contribution is 6.42. The molecule has 1 aromatic carbocycles. The molecule has 7 heteroatoms.